The van der Waals surface area contributed by atoms with Crippen molar-refractivity contribution in [1.82, 2.24) is 15.1 Å². The van der Waals surface area contributed by atoms with E-state index in [1.807, 2.05) is 0 Å². The van der Waals surface area contributed by atoms with Gasteiger partial charge in [0.1, 0.15) is 11.9 Å². The quantitative estimate of drug-likeness (QED) is 0.894. The molecular weight excluding hydrogens is 274 g/mol. The Labute approximate surface area is 134 Å². The molecule has 2 heterocycles. The molecule has 1 aromatic carbocycles. The summed E-state index contributed by atoms with van der Waals surface area (Å²) < 4.78 is 6.19. The molecule has 2 aliphatic heterocycles. The Morgan fingerprint density at radius 1 is 1.23 bits per heavy atom. The SMILES string of the molecule is CN1CCCC(Oc2cccc(CCN3CCNCC3)c2)C1. The maximum Gasteiger partial charge on any atom is 0.120 e. The van der Waals surface area contributed by atoms with Gasteiger partial charge in [0, 0.05) is 39.3 Å². The number of likely N-dealkylation sites (N-methyl/N-ethyl adjacent to an activating group) is 1. The zero-order valence-electron chi connectivity index (χ0n) is 13.8. The number of piperazine rings is 1. The van der Waals surface area contributed by atoms with Crippen LogP contribution in [-0.4, -0.2) is 68.8 Å². The van der Waals surface area contributed by atoms with E-state index in [-0.39, 0.29) is 0 Å². The summed E-state index contributed by atoms with van der Waals surface area (Å²) in [4.78, 5) is 4.91. The summed E-state index contributed by atoms with van der Waals surface area (Å²) >= 11 is 0. The molecule has 1 aromatic rings. The second-order valence-corrected chi connectivity index (χ2v) is 6.63. The fourth-order valence-corrected chi connectivity index (χ4v) is 3.40. The molecule has 4 nitrogen and oxygen atoms in total. The molecule has 3 rings (SSSR count). The van der Waals surface area contributed by atoms with Gasteiger partial charge in [-0.25, -0.2) is 0 Å². The molecule has 1 N–H and O–H groups in total. The first-order chi connectivity index (χ1) is 10.8. The Kier molecular flexibility index (Phi) is 5.70. The zero-order chi connectivity index (χ0) is 15.2. The van der Waals surface area contributed by atoms with E-state index in [4.69, 9.17) is 4.74 Å². The minimum atomic E-state index is 0.349. The van der Waals surface area contributed by atoms with Gasteiger partial charge in [-0.15, -0.1) is 0 Å². The van der Waals surface area contributed by atoms with E-state index in [2.05, 4.69) is 46.4 Å². The predicted molar refractivity (Wildman–Crippen MR) is 90.6 cm³/mol. The van der Waals surface area contributed by atoms with Crippen molar-refractivity contribution in [3.63, 3.8) is 0 Å². The van der Waals surface area contributed by atoms with Crippen LogP contribution >= 0.6 is 0 Å². The van der Waals surface area contributed by atoms with Crippen molar-refractivity contribution < 1.29 is 4.74 Å². The fraction of sp³-hybridized carbons (Fsp3) is 0.667. The van der Waals surface area contributed by atoms with Gasteiger partial charge in [-0.05, 0) is 50.6 Å². The number of hydrogen-bond acceptors (Lipinski definition) is 4. The van der Waals surface area contributed by atoms with Crippen LogP contribution in [0.4, 0.5) is 0 Å². The summed E-state index contributed by atoms with van der Waals surface area (Å²) in [6.07, 6.45) is 3.88. The number of ether oxygens (including phenoxy) is 1. The number of hydrogen-bond donors (Lipinski definition) is 1. The van der Waals surface area contributed by atoms with Crippen LogP contribution in [-0.2, 0) is 6.42 Å². The first kappa shape index (κ1) is 15.8. The summed E-state index contributed by atoms with van der Waals surface area (Å²) in [5, 5.41) is 3.41. The molecule has 0 bridgehead atoms. The van der Waals surface area contributed by atoms with Gasteiger partial charge in [-0.3, -0.25) is 0 Å². The van der Waals surface area contributed by atoms with E-state index in [0.717, 1.165) is 38.3 Å². The second-order valence-electron chi connectivity index (χ2n) is 6.63. The molecule has 2 saturated heterocycles. The Balaban J connectivity index is 1.50. The lowest BCUT2D eigenvalue weighted by Gasteiger charge is -2.30. The molecule has 1 atom stereocenters. The molecule has 0 aromatic heterocycles. The smallest absolute Gasteiger partial charge is 0.120 e. The van der Waals surface area contributed by atoms with Crippen molar-refractivity contribution in [1.29, 1.82) is 0 Å². The van der Waals surface area contributed by atoms with Crippen molar-refractivity contribution in [3.8, 4) is 5.75 Å². The van der Waals surface area contributed by atoms with Crippen molar-refractivity contribution in [2.75, 3.05) is 52.9 Å². The highest BCUT2D eigenvalue weighted by Crippen LogP contribution is 2.19. The van der Waals surface area contributed by atoms with Crippen LogP contribution in [0.2, 0.25) is 0 Å². The second kappa shape index (κ2) is 7.95. The summed E-state index contributed by atoms with van der Waals surface area (Å²) in [6, 6.07) is 8.69. The highest BCUT2D eigenvalue weighted by atomic mass is 16.5. The van der Waals surface area contributed by atoms with Crippen LogP contribution in [0.1, 0.15) is 18.4 Å². The minimum Gasteiger partial charge on any atom is -0.489 e. The lowest BCUT2D eigenvalue weighted by molar-refractivity contribution is 0.104. The monoisotopic (exact) mass is 303 g/mol. The third-order valence-electron chi connectivity index (χ3n) is 4.71. The Hall–Kier alpha value is -1.10. The van der Waals surface area contributed by atoms with Gasteiger partial charge in [-0.1, -0.05) is 12.1 Å². The molecule has 2 aliphatic rings. The van der Waals surface area contributed by atoms with Gasteiger partial charge in [0.05, 0.1) is 0 Å². The van der Waals surface area contributed by atoms with Gasteiger partial charge in [0.15, 0.2) is 0 Å². The van der Waals surface area contributed by atoms with Gasteiger partial charge >= 0.3 is 0 Å². The molecular formula is C18H29N3O. The highest BCUT2D eigenvalue weighted by Gasteiger charge is 2.18. The van der Waals surface area contributed by atoms with E-state index in [1.54, 1.807) is 0 Å². The Bertz CT molecular complexity index is 459. The Morgan fingerprint density at radius 2 is 2.09 bits per heavy atom. The summed E-state index contributed by atoms with van der Waals surface area (Å²) in [6.45, 7) is 7.98. The number of nitrogens with zero attached hydrogens (tertiary/aromatic N) is 2. The maximum absolute atomic E-state index is 6.19. The van der Waals surface area contributed by atoms with Crippen LogP contribution < -0.4 is 10.1 Å². The number of rotatable bonds is 5. The molecule has 0 saturated carbocycles. The van der Waals surface area contributed by atoms with Gasteiger partial charge in [0.25, 0.3) is 0 Å². The average Bonchev–Trinajstić information content (AvgIpc) is 2.54. The first-order valence-electron chi connectivity index (χ1n) is 8.67. The molecule has 0 spiro atoms. The molecule has 0 aliphatic carbocycles. The lowest BCUT2D eigenvalue weighted by Crippen LogP contribution is -2.44. The first-order valence-corrected chi connectivity index (χ1v) is 8.67. The molecule has 1 unspecified atom stereocenters. The summed E-state index contributed by atoms with van der Waals surface area (Å²) in [7, 11) is 2.18. The van der Waals surface area contributed by atoms with Crippen LogP contribution in [0, 0.1) is 0 Å². The van der Waals surface area contributed by atoms with Crippen LogP contribution in [0.15, 0.2) is 24.3 Å². The average molecular weight is 303 g/mol. The minimum absolute atomic E-state index is 0.349. The largest absolute Gasteiger partial charge is 0.489 e. The highest BCUT2D eigenvalue weighted by molar-refractivity contribution is 5.29. The van der Waals surface area contributed by atoms with Crippen molar-refractivity contribution in [2.45, 2.75) is 25.4 Å². The van der Waals surface area contributed by atoms with E-state index in [9.17, 15) is 0 Å². The number of likely N-dealkylation sites (tertiary alicyclic amines) is 1. The van der Waals surface area contributed by atoms with E-state index in [1.165, 1.54) is 38.0 Å². The number of nitrogens with one attached hydrogen (secondary N) is 1. The van der Waals surface area contributed by atoms with E-state index in [0.29, 0.717) is 6.10 Å². The van der Waals surface area contributed by atoms with Crippen molar-refractivity contribution >= 4 is 0 Å². The lowest BCUT2D eigenvalue weighted by atomic mass is 10.1. The third kappa shape index (κ3) is 4.70. The summed E-state index contributed by atoms with van der Waals surface area (Å²) in [5.74, 6) is 1.04. The Morgan fingerprint density at radius 3 is 2.91 bits per heavy atom. The van der Waals surface area contributed by atoms with E-state index >= 15 is 0 Å². The normalized spacial score (nSPS) is 24.3. The molecule has 2 fully saturated rings. The number of benzene rings is 1. The maximum atomic E-state index is 6.19. The van der Waals surface area contributed by atoms with Crippen LogP contribution in [0.5, 0.6) is 5.75 Å². The summed E-state index contributed by atoms with van der Waals surface area (Å²) in [5.41, 5.74) is 1.39. The molecule has 0 amide bonds. The predicted octanol–water partition coefficient (Wildman–Crippen LogP) is 1.61. The zero-order valence-corrected chi connectivity index (χ0v) is 13.8. The van der Waals surface area contributed by atoms with Crippen molar-refractivity contribution in [3.05, 3.63) is 29.8 Å². The molecule has 0 radical (unpaired) electrons. The van der Waals surface area contributed by atoms with Gasteiger partial charge < -0.3 is 19.9 Å². The fourth-order valence-electron chi connectivity index (χ4n) is 3.40. The van der Waals surface area contributed by atoms with Crippen molar-refractivity contribution in [2.24, 2.45) is 0 Å². The van der Waals surface area contributed by atoms with Crippen LogP contribution in [0.25, 0.3) is 0 Å². The van der Waals surface area contributed by atoms with Crippen LogP contribution in [0.3, 0.4) is 0 Å². The van der Waals surface area contributed by atoms with E-state index < -0.39 is 0 Å². The topological polar surface area (TPSA) is 27.7 Å². The number of piperidine rings is 1. The standard InChI is InChI=1S/C18H29N3O/c1-20-10-3-6-18(15-20)22-17-5-2-4-16(14-17)7-11-21-12-8-19-9-13-21/h2,4-5,14,18-19H,3,6-13,15H2,1H3. The molecule has 4 heteroatoms. The molecule has 122 valence electrons. The van der Waals surface area contributed by atoms with Gasteiger partial charge in [0.2, 0.25) is 0 Å². The van der Waals surface area contributed by atoms with Gasteiger partial charge in [-0.2, -0.15) is 0 Å². The third-order valence-corrected chi connectivity index (χ3v) is 4.71. The molecule has 22 heavy (non-hydrogen) atoms.